The number of hydrogen-bond acceptors (Lipinski definition) is 5. The molecule has 0 aliphatic rings. The average Bonchev–Trinajstić information content (AvgIpc) is 3.22. The first-order valence-electron chi connectivity index (χ1n) is 12.1. The summed E-state index contributed by atoms with van der Waals surface area (Å²) in [4.78, 5) is 30.3. The lowest BCUT2D eigenvalue weighted by Gasteiger charge is -2.18. The zero-order valence-electron chi connectivity index (χ0n) is 21.6. The highest BCUT2D eigenvalue weighted by Crippen LogP contribution is 2.34. The number of halogens is 2. The van der Waals surface area contributed by atoms with Gasteiger partial charge in [-0.1, -0.05) is 53.5 Å². The fourth-order valence-electron chi connectivity index (χ4n) is 3.80. The van der Waals surface area contributed by atoms with E-state index in [2.05, 4.69) is 5.32 Å². The predicted octanol–water partition coefficient (Wildman–Crippen LogP) is 7.45. The summed E-state index contributed by atoms with van der Waals surface area (Å²) >= 11 is 13.5. The average molecular weight is 585 g/mol. The van der Waals surface area contributed by atoms with E-state index in [1.54, 1.807) is 32.0 Å². The number of aliphatic carboxylic acids is 1. The first kappa shape index (κ1) is 28.5. The molecule has 4 rings (SSSR count). The summed E-state index contributed by atoms with van der Waals surface area (Å²) in [5.41, 5.74) is 2.12. The van der Waals surface area contributed by atoms with Crippen LogP contribution in [0.2, 0.25) is 10.0 Å². The number of ether oxygens (including phenoxy) is 1. The van der Waals surface area contributed by atoms with Crippen molar-refractivity contribution in [1.82, 2.24) is 9.55 Å². The maximum absolute atomic E-state index is 13.3. The highest BCUT2D eigenvalue weighted by Gasteiger charge is 2.28. The van der Waals surface area contributed by atoms with Gasteiger partial charge in [0.2, 0.25) is 0 Å². The number of carbonyl (C=O) groups excluding carboxylic acids is 1. The minimum atomic E-state index is -0.973. The molecule has 1 aromatic heterocycles. The van der Waals surface area contributed by atoms with Gasteiger partial charge < -0.3 is 19.7 Å². The molecule has 10 heteroatoms. The monoisotopic (exact) mass is 583 g/mol. The van der Waals surface area contributed by atoms with Crippen molar-refractivity contribution in [2.24, 2.45) is 0 Å². The molecule has 2 N–H and O–H groups in total. The molecule has 0 bridgehead atoms. The molecule has 0 saturated carbocycles. The topological polar surface area (TPSA) is 93.5 Å². The fourth-order valence-corrected chi connectivity index (χ4v) is 5.20. The first-order valence-corrected chi connectivity index (χ1v) is 13.7. The highest BCUT2D eigenvalue weighted by molar-refractivity contribution is 8.01. The van der Waals surface area contributed by atoms with Crippen molar-refractivity contribution in [2.75, 3.05) is 11.9 Å². The number of para-hydroxylation sites is 1. The molecule has 1 amide bonds. The zero-order chi connectivity index (χ0) is 28.2. The summed E-state index contributed by atoms with van der Waals surface area (Å²) in [5.74, 6) is 0.0360. The number of carbonyl (C=O) groups is 2. The van der Waals surface area contributed by atoms with Gasteiger partial charge in [-0.15, -0.1) is 11.8 Å². The number of rotatable bonds is 10. The number of carboxylic acid groups (broad SMARTS) is 1. The van der Waals surface area contributed by atoms with Crippen molar-refractivity contribution in [3.8, 4) is 17.1 Å². The molecule has 7 nitrogen and oxygen atoms in total. The Balaban J connectivity index is 1.64. The number of imidazole rings is 1. The number of nitrogens with zero attached hydrogens (tertiary/aromatic N) is 2. The Bertz CT molecular complexity index is 1490. The van der Waals surface area contributed by atoms with Gasteiger partial charge >= 0.3 is 5.97 Å². The van der Waals surface area contributed by atoms with Crippen LogP contribution in [0.4, 0.5) is 5.69 Å². The minimum absolute atomic E-state index is 0.251. The SMILES string of the molecule is Cc1c(C(=O)Nc2ccc(Cl)cc2Cl)nc(-c2ccc(SC(C)(C)C(=O)O)cc2)n1CCOc1ccccc1. The molecule has 0 unspecified atom stereocenters. The van der Waals surface area contributed by atoms with Gasteiger partial charge in [0.25, 0.3) is 5.91 Å². The Hall–Kier alpha value is -3.46. The Morgan fingerprint density at radius 2 is 1.74 bits per heavy atom. The highest BCUT2D eigenvalue weighted by atomic mass is 35.5. The molecule has 0 saturated heterocycles. The van der Waals surface area contributed by atoms with Crippen molar-refractivity contribution in [3.05, 3.63) is 94.2 Å². The number of thioether (sulfide) groups is 1. The molecule has 3 aromatic carbocycles. The van der Waals surface area contributed by atoms with Crippen molar-refractivity contribution in [3.63, 3.8) is 0 Å². The molecule has 4 aromatic rings. The third kappa shape index (κ3) is 6.95. The molecule has 202 valence electrons. The Kier molecular flexibility index (Phi) is 8.90. The molecule has 1 heterocycles. The number of aromatic nitrogens is 2. The summed E-state index contributed by atoms with van der Waals surface area (Å²) < 4.78 is 6.87. The van der Waals surface area contributed by atoms with E-state index >= 15 is 0 Å². The van der Waals surface area contributed by atoms with Crippen LogP contribution >= 0.6 is 35.0 Å². The van der Waals surface area contributed by atoms with Crippen LogP contribution in [0.15, 0.2) is 77.7 Å². The maximum atomic E-state index is 13.3. The lowest BCUT2D eigenvalue weighted by Crippen LogP contribution is -2.26. The van der Waals surface area contributed by atoms with Crippen molar-refractivity contribution >= 4 is 52.5 Å². The Morgan fingerprint density at radius 1 is 1.05 bits per heavy atom. The van der Waals surface area contributed by atoms with Crippen LogP contribution in [0.5, 0.6) is 5.75 Å². The standard InChI is InChI=1S/C29H27Cl2N3O4S/c1-18-25(27(35)32-24-14-11-20(30)17-23(24)31)33-26(34(18)15-16-38-21-7-5-4-6-8-21)19-9-12-22(13-10-19)39-29(2,3)28(36)37/h4-14,17H,15-16H2,1-3H3,(H,32,35)(H,36,37). The van der Waals surface area contributed by atoms with Crippen LogP contribution in [0.1, 0.15) is 30.0 Å². The summed E-state index contributed by atoms with van der Waals surface area (Å²) in [6.07, 6.45) is 0. The van der Waals surface area contributed by atoms with E-state index in [1.807, 2.05) is 66.1 Å². The lowest BCUT2D eigenvalue weighted by atomic mass is 10.2. The maximum Gasteiger partial charge on any atom is 0.319 e. The molecular weight excluding hydrogens is 557 g/mol. The van der Waals surface area contributed by atoms with Gasteiger partial charge in [-0.2, -0.15) is 0 Å². The number of anilines is 1. The van der Waals surface area contributed by atoms with Crippen LogP contribution in [0.3, 0.4) is 0 Å². The summed E-state index contributed by atoms with van der Waals surface area (Å²) in [6, 6.07) is 21.8. The van der Waals surface area contributed by atoms with Gasteiger partial charge in [-0.05, 0) is 63.2 Å². The van der Waals surface area contributed by atoms with E-state index < -0.39 is 16.6 Å². The minimum Gasteiger partial charge on any atom is -0.492 e. The molecule has 0 aliphatic carbocycles. The van der Waals surface area contributed by atoms with Gasteiger partial charge in [-0.3, -0.25) is 9.59 Å². The van der Waals surface area contributed by atoms with Gasteiger partial charge in [0.15, 0.2) is 0 Å². The normalized spacial score (nSPS) is 11.3. The predicted molar refractivity (Wildman–Crippen MR) is 156 cm³/mol. The summed E-state index contributed by atoms with van der Waals surface area (Å²) in [6.45, 7) is 5.96. The molecule has 0 radical (unpaired) electrons. The van der Waals surface area contributed by atoms with Crippen LogP contribution in [-0.4, -0.2) is 37.9 Å². The van der Waals surface area contributed by atoms with E-state index in [-0.39, 0.29) is 5.69 Å². The number of amides is 1. The van der Waals surface area contributed by atoms with Crippen LogP contribution in [-0.2, 0) is 11.3 Å². The van der Waals surface area contributed by atoms with Crippen molar-refractivity contribution in [2.45, 2.75) is 37.0 Å². The molecule has 39 heavy (non-hydrogen) atoms. The van der Waals surface area contributed by atoms with Gasteiger partial charge in [0.05, 0.1) is 17.3 Å². The van der Waals surface area contributed by atoms with Crippen LogP contribution in [0.25, 0.3) is 11.4 Å². The fraction of sp³-hybridized carbons (Fsp3) is 0.207. The van der Waals surface area contributed by atoms with Gasteiger partial charge in [-0.25, -0.2) is 4.98 Å². The second-order valence-electron chi connectivity index (χ2n) is 9.20. The Labute approximate surface area is 241 Å². The van der Waals surface area contributed by atoms with E-state index in [0.717, 1.165) is 16.2 Å². The molecular formula is C29H27Cl2N3O4S. The van der Waals surface area contributed by atoms with E-state index in [0.29, 0.717) is 40.4 Å². The Morgan fingerprint density at radius 3 is 2.38 bits per heavy atom. The van der Waals surface area contributed by atoms with E-state index in [9.17, 15) is 14.7 Å². The zero-order valence-corrected chi connectivity index (χ0v) is 23.9. The summed E-state index contributed by atoms with van der Waals surface area (Å²) in [5, 5.41) is 13.1. The molecule has 0 fully saturated rings. The number of carboxylic acids is 1. The lowest BCUT2D eigenvalue weighted by molar-refractivity contribution is -0.138. The quantitative estimate of drug-likeness (QED) is 0.188. The number of hydrogen-bond donors (Lipinski definition) is 2. The third-order valence-electron chi connectivity index (χ3n) is 5.94. The van der Waals surface area contributed by atoms with Gasteiger partial charge in [0.1, 0.15) is 28.6 Å². The second kappa shape index (κ2) is 12.2. The van der Waals surface area contributed by atoms with Crippen LogP contribution < -0.4 is 10.1 Å². The number of nitrogens with one attached hydrogen (secondary N) is 1. The van der Waals surface area contributed by atoms with Crippen molar-refractivity contribution < 1.29 is 19.4 Å². The first-order chi connectivity index (χ1) is 18.5. The van der Waals surface area contributed by atoms with E-state index in [4.69, 9.17) is 32.9 Å². The smallest absolute Gasteiger partial charge is 0.319 e. The third-order valence-corrected chi connectivity index (χ3v) is 7.68. The number of benzene rings is 3. The molecule has 0 spiro atoms. The largest absolute Gasteiger partial charge is 0.492 e. The van der Waals surface area contributed by atoms with Crippen molar-refractivity contribution in [1.29, 1.82) is 0 Å². The van der Waals surface area contributed by atoms with E-state index in [1.165, 1.54) is 11.8 Å². The van der Waals surface area contributed by atoms with Crippen LogP contribution in [0, 0.1) is 6.92 Å². The second-order valence-corrected chi connectivity index (χ2v) is 11.7. The summed E-state index contributed by atoms with van der Waals surface area (Å²) in [7, 11) is 0. The van der Waals surface area contributed by atoms with Gasteiger partial charge in [0, 0.05) is 21.2 Å². The molecule has 0 atom stereocenters. The molecule has 0 aliphatic heterocycles.